The first kappa shape index (κ1) is 9.52. The molecule has 0 aliphatic carbocycles. The molecule has 0 aromatic heterocycles. The average molecular weight is 170 g/mol. The molecule has 1 amide bonds. The molecule has 0 spiro atoms. The third-order valence-electron chi connectivity index (χ3n) is 2.54. The van der Waals surface area contributed by atoms with Gasteiger partial charge >= 0.3 is 0 Å². The van der Waals surface area contributed by atoms with Crippen LogP contribution < -0.4 is 5.73 Å². The third kappa shape index (κ3) is 2.21. The van der Waals surface area contributed by atoms with E-state index in [2.05, 4.69) is 18.7 Å². The van der Waals surface area contributed by atoms with E-state index in [0.29, 0.717) is 18.5 Å². The summed E-state index contributed by atoms with van der Waals surface area (Å²) in [5.74, 6) is 0.425. The molecular formula is C9H18N2O. The van der Waals surface area contributed by atoms with E-state index < -0.39 is 0 Å². The Bertz CT molecular complexity index is 168. The van der Waals surface area contributed by atoms with E-state index in [0.717, 1.165) is 6.54 Å². The molecule has 1 heterocycles. The number of hydrogen-bond acceptors (Lipinski definition) is 2. The molecule has 2 N–H and O–H groups in total. The number of carbonyl (C=O) groups is 1. The lowest BCUT2D eigenvalue weighted by molar-refractivity contribution is -0.119. The van der Waals surface area contributed by atoms with E-state index in [-0.39, 0.29) is 5.91 Å². The molecular weight excluding hydrogens is 152 g/mol. The summed E-state index contributed by atoms with van der Waals surface area (Å²) < 4.78 is 0. The van der Waals surface area contributed by atoms with E-state index in [1.54, 1.807) is 0 Å². The highest BCUT2D eigenvalue weighted by atomic mass is 16.1. The Hall–Kier alpha value is -0.570. The fraction of sp³-hybridized carbons (Fsp3) is 0.889. The molecule has 1 fully saturated rings. The third-order valence-corrected chi connectivity index (χ3v) is 2.54. The summed E-state index contributed by atoms with van der Waals surface area (Å²) >= 11 is 0. The summed E-state index contributed by atoms with van der Waals surface area (Å²) in [6, 6.07) is 0.567. The topological polar surface area (TPSA) is 46.3 Å². The van der Waals surface area contributed by atoms with E-state index in [1.165, 1.54) is 12.8 Å². The molecule has 0 aromatic carbocycles. The van der Waals surface area contributed by atoms with Crippen molar-refractivity contribution in [3.8, 4) is 0 Å². The predicted octanol–water partition coefficient (Wildman–Crippen LogP) is 0.592. The quantitative estimate of drug-likeness (QED) is 0.674. The van der Waals surface area contributed by atoms with Gasteiger partial charge in [-0.05, 0) is 25.3 Å². The van der Waals surface area contributed by atoms with Crippen molar-refractivity contribution in [2.75, 3.05) is 13.1 Å². The maximum Gasteiger partial charge on any atom is 0.231 e. The zero-order chi connectivity index (χ0) is 9.14. The van der Waals surface area contributed by atoms with Gasteiger partial charge in [0.2, 0.25) is 5.91 Å². The number of primary amides is 1. The number of nitrogens with zero attached hydrogens (tertiary/aromatic N) is 1. The zero-order valence-electron chi connectivity index (χ0n) is 7.92. The number of amides is 1. The van der Waals surface area contributed by atoms with Crippen LogP contribution in [0.3, 0.4) is 0 Å². The Balaban J connectivity index is 2.46. The SMILES string of the molecule is CC(C)C1CCCN1CC(N)=O. The Morgan fingerprint density at radius 3 is 2.83 bits per heavy atom. The van der Waals surface area contributed by atoms with Gasteiger partial charge in [0.1, 0.15) is 0 Å². The molecule has 0 aromatic rings. The van der Waals surface area contributed by atoms with Gasteiger partial charge in [0.25, 0.3) is 0 Å². The van der Waals surface area contributed by atoms with Crippen LogP contribution in [-0.2, 0) is 4.79 Å². The molecule has 1 aliphatic heterocycles. The van der Waals surface area contributed by atoms with Crippen LogP contribution in [0.15, 0.2) is 0 Å². The minimum atomic E-state index is -0.206. The first-order valence-corrected chi connectivity index (χ1v) is 4.63. The van der Waals surface area contributed by atoms with Gasteiger partial charge in [-0.1, -0.05) is 13.8 Å². The van der Waals surface area contributed by atoms with Crippen LogP contribution >= 0.6 is 0 Å². The van der Waals surface area contributed by atoms with Crippen LogP contribution in [0.5, 0.6) is 0 Å². The van der Waals surface area contributed by atoms with Crippen LogP contribution in [0.2, 0.25) is 0 Å². The lowest BCUT2D eigenvalue weighted by Crippen LogP contribution is -2.39. The van der Waals surface area contributed by atoms with Crippen molar-refractivity contribution >= 4 is 5.91 Å². The maximum absolute atomic E-state index is 10.7. The van der Waals surface area contributed by atoms with E-state index >= 15 is 0 Å². The zero-order valence-corrected chi connectivity index (χ0v) is 7.92. The van der Waals surface area contributed by atoms with Gasteiger partial charge in [-0.2, -0.15) is 0 Å². The monoisotopic (exact) mass is 170 g/mol. The summed E-state index contributed by atoms with van der Waals surface area (Å²) in [6.07, 6.45) is 2.42. The second kappa shape index (κ2) is 3.90. The van der Waals surface area contributed by atoms with Crippen molar-refractivity contribution in [3.63, 3.8) is 0 Å². The standard InChI is InChI=1S/C9H18N2O/c1-7(2)8-4-3-5-11(8)6-9(10)12/h7-8H,3-6H2,1-2H3,(H2,10,12). The number of nitrogens with two attached hydrogens (primary N) is 1. The Kier molecular flexibility index (Phi) is 3.09. The molecule has 1 unspecified atom stereocenters. The second-order valence-electron chi connectivity index (χ2n) is 3.89. The summed E-state index contributed by atoms with van der Waals surface area (Å²) in [7, 11) is 0. The molecule has 3 nitrogen and oxygen atoms in total. The fourth-order valence-electron chi connectivity index (χ4n) is 2.00. The predicted molar refractivity (Wildman–Crippen MR) is 48.6 cm³/mol. The van der Waals surface area contributed by atoms with E-state index in [9.17, 15) is 4.79 Å². The number of hydrogen-bond donors (Lipinski definition) is 1. The van der Waals surface area contributed by atoms with Gasteiger partial charge in [-0.15, -0.1) is 0 Å². The van der Waals surface area contributed by atoms with Gasteiger partial charge in [0.05, 0.1) is 6.54 Å². The minimum Gasteiger partial charge on any atom is -0.369 e. The molecule has 70 valence electrons. The van der Waals surface area contributed by atoms with Crippen LogP contribution in [0.4, 0.5) is 0 Å². The number of rotatable bonds is 3. The second-order valence-corrected chi connectivity index (χ2v) is 3.89. The first-order valence-electron chi connectivity index (χ1n) is 4.63. The average Bonchev–Trinajstić information content (AvgIpc) is 2.33. The Morgan fingerprint density at radius 1 is 1.67 bits per heavy atom. The fourth-order valence-corrected chi connectivity index (χ4v) is 2.00. The Labute approximate surface area is 73.9 Å². The van der Waals surface area contributed by atoms with Crippen molar-refractivity contribution in [1.29, 1.82) is 0 Å². The smallest absolute Gasteiger partial charge is 0.231 e. The summed E-state index contributed by atoms with van der Waals surface area (Å²) in [6.45, 7) is 5.86. The van der Waals surface area contributed by atoms with E-state index in [1.807, 2.05) is 0 Å². The molecule has 1 atom stereocenters. The van der Waals surface area contributed by atoms with Crippen LogP contribution in [0.25, 0.3) is 0 Å². The highest BCUT2D eigenvalue weighted by Crippen LogP contribution is 2.22. The highest BCUT2D eigenvalue weighted by molar-refractivity contribution is 5.76. The van der Waals surface area contributed by atoms with Gasteiger partial charge in [0.15, 0.2) is 0 Å². The molecule has 1 rings (SSSR count). The summed E-state index contributed by atoms with van der Waals surface area (Å²) in [5, 5.41) is 0. The van der Waals surface area contributed by atoms with Crippen molar-refractivity contribution in [2.45, 2.75) is 32.7 Å². The lowest BCUT2D eigenvalue weighted by atomic mass is 10.0. The molecule has 1 aliphatic rings. The van der Waals surface area contributed by atoms with Crippen LogP contribution in [-0.4, -0.2) is 29.9 Å². The largest absolute Gasteiger partial charge is 0.369 e. The van der Waals surface area contributed by atoms with Gasteiger partial charge in [-0.3, -0.25) is 9.69 Å². The van der Waals surface area contributed by atoms with Crippen molar-refractivity contribution in [3.05, 3.63) is 0 Å². The van der Waals surface area contributed by atoms with Crippen molar-refractivity contribution in [2.24, 2.45) is 11.7 Å². The summed E-state index contributed by atoms with van der Waals surface area (Å²) in [4.78, 5) is 12.9. The molecule has 1 saturated heterocycles. The molecule has 0 saturated carbocycles. The number of likely N-dealkylation sites (tertiary alicyclic amines) is 1. The van der Waals surface area contributed by atoms with Crippen molar-refractivity contribution in [1.82, 2.24) is 4.90 Å². The lowest BCUT2D eigenvalue weighted by Gasteiger charge is -2.25. The minimum absolute atomic E-state index is 0.206. The first-order chi connectivity index (χ1) is 5.61. The highest BCUT2D eigenvalue weighted by Gasteiger charge is 2.27. The normalized spacial score (nSPS) is 25.1. The summed E-state index contributed by atoms with van der Waals surface area (Å²) in [5.41, 5.74) is 5.15. The molecule has 0 bridgehead atoms. The van der Waals surface area contributed by atoms with Crippen LogP contribution in [0.1, 0.15) is 26.7 Å². The molecule has 0 radical (unpaired) electrons. The van der Waals surface area contributed by atoms with E-state index in [4.69, 9.17) is 5.73 Å². The van der Waals surface area contributed by atoms with Crippen LogP contribution in [0, 0.1) is 5.92 Å². The van der Waals surface area contributed by atoms with Gasteiger partial charge in [0, 0.05) is 6.04 Å². The molecule has 12 heavy (non-hydrogen) atoms. The maximum atomic E-state index is 10.7. The Morgan fingerprint density at radius 2 is 2.33 bits per heavy atom. The van der Waals surface area contributed by atoms with Crippen molar-refractivity contribution < 1.29 is 4.79 Å². The van der Waals surface area contributed by atoms with Gasteiger partial charge < -0.3 is 5.73 Å². The van der Waals surface area contributed by atoms with Gasteiger partial charge in [-0.25, -0.2) is 0 Å². The molecule has 3 heteroatoms. The number of carbonyl (C=O) groups excluding carboxylic acids is 1.